The smallest absolute Gasteiger partial charge is 0.347 e. The number of nitrogens with one attached hydrogen (secondary N) is 1. The van der Waals surface area contributed by atoms with Gasteiger partial charge >= 0.3 is 5.97 Å². The maximum Gasteiger partial charge on any atom is 0.347 e. The summed E-state index contributed by atoms with van der Waals surface area (Å²) in [5.41, 5.74) is -0.537. The van der Waals surface area contributed by atoms with Crippen LogP contribution in [0.2, 0.25) is 0 Å². The molecule has 0 amide bonds. The maximum absolute atomic E-state index is 14.1. The summed E-state index contributed by atoms with van der Waals surface area (Å²) in [7, 11) is 0. The Morgan fingerprint density at radius 2 is 1.54 bits per heavy atom. The lowest BCUT2D eigenvalue weighted by atomic mass is 9.84. The van der Waals surface area contributed by atoms with E-state index >= 15 is 0 Å². The summed E-state index contributed by atoms with van der Waals surface area (Å²) in [5, 5.41) is 8.11. The summed E-state index contributed by atoms with van der Waals surface area (Å²) in [6.07, 6.45) is 2.01. The molecule has 0 aliphatic carbocycles. The molecule has 1 aliphatic rings. The Kier molecular flexibility index (Phi) is 10.7. The molecule has 7 heteroatoms. The number of hydrogen-bond acceptors (Lipinski definition) is 6. The average Bonchev–Trinajstić information content (AvgIpc) is 2.91. The van der Waals surface area contributed by atoms with E-state index in [1.807, 2.05) is 68.4 Å². The molecule has 4 nitrogen and oxygen atoms in total. The van der Waals surface area contributed by atoms with E-state index < -0.39 is 17.2 Å². The quantitative estimate of drug-likeness (QED) is 0.122. The summed E-state index contributed by atoms with van der Waals surface area (Å²) in [4.78, 5) is 18.5. The molecule has 0 bridgehead atoms. The third-order valence-corrected chi connectivity index (χ3v) is 8.65. The fraction of sp³-hybridized carbons (Fsp3) is 0.312. The van der Waals surface area contributed by atoms with Crippen molar-refractivity contribution in [2.24, 2.45) is 0 Å². The van der Waals surface area contributed by atoms with Crippen LogP contribution in [0.15, 0.2) is 92.4 Å². The standard InChI is InChI=1S/C32H33NO3S2.ClH/c1-5-14-24(33)17-13-22-31(3,4)36-32(30(34)35-6-2,23-15-8-7-9-16-23)25-18-12-21-28-29(25)38-27-20-11-10-19-26(27)37-28;/h7-12,15-16,18-21,33H,5-6,14,17H2,1-4H3;1H. The number of esters is 1. The van der Waals surface area contributed by atoms with Crippen molar-refractivity contribution in [3.8, 4) is 11.8 Å². The zero-order valence-electron chi connectivity index (χ0n) is 22.7. The van der Waals surface area contributed by atoms with Crippen molar-refractivity contribution in [2.45, 2.75) is 77.7 Å². The molecule has 0 spiro atoms. The summed E-state index contributed by atoms with van der Waals surface area (Å²) in [6, 6.07) is 23.9. The van der Waals surface area contributed by atoms with E-state index in [4.69, 9.17) is 14.9 Å². The van der Waals surface area contributed by atoms with Gasteiger partial charge in [-0.2, -0.15) is 0 Å². The van der Waals surface area contributed by atoms with Gasteiger partial charge in [-0.25, -0.2) is 4.79 Å². The number of rotatable bonds is 9. The molecule has 0 radical (unpaired) electrons. The van der Waals surface area contributed by atoms with Gasteiger partial charge in [0.1, 0.15) is 5.60 Å². The van der Waals surface area contributed by atoms with Gasteiger partial charge < -0.3 is 14.9 Å². The first-order valence-corrected chi connectivity index (χ1v) is 14.5. The molecule has 1 aliphatic heterocycles. The van der Waals surface area contributed by atoms with Gasteiger partial charge in [0.25, 0.3) is 0 Å². The van der Waals surface area contributed by atoms with Crippen molar-refractivity contribution in [3.63, 3.8) is 0 Å². The summed E-state index contributed by atoms with van der Waals surface area (Å²) in [6.45, 7) is 7.81. The number of carbonyl (C=O) groups is 1. The van der Waals surface area contributed by atoms with Gasteiger partial charge in [0.05, 0.1) is 6.61 Å². The minimum Gasteiger partial charge on any atom is -0.463 e. The van der Waals surface area contributed by atoms with Gasteiger partial charge in [0.2, 0.25) is 5.60 Å². The summed E-state index contributed by atoms with van der Waals surface area (Å²) >= 11 is 3.34. The van der Waals surface area contributed by atoms with Crippen molar-refractivity contribution in [3.05, 3.63) is 83.9 Å². The first-order valence-electron chi connectivity index (χ1n) is 12.9. The number of carbonyl (C=O) groups excluding carboxylic acids is 1. The monoisotopic (exact) mass is 579 g/mol. The number of hydrogen-bond donors (Lipinski definition) is 1. The van der Waals surface area contributed by atoms with Crippen LogP contribution in [0.4, 0.5) is 0 Å². The van der Waals surface area contributed by atoms with Crippen LogP contribution in [-0.2, 0) is 19.9 Å². The van der Waals surface area contributed by atoms with E-state index in [-0.39, 0.29) is 19.0 Å². The van der Waals surface area contributed by atoms with Crippen molar-refractivity contribution in [2.75, 3.05) is 6.61 Å². The maximum atomic E-state index is 14.1. The Bertz CT molecular complexity index is 1380. The molecule has 0 saturated heterocycles. The topological polar surface area (TPSA) is 59.4 Å². The second kappa shape index (κ2) is 13.6. The Hall–Kier alpha value is -2.69. The van der Waals surface area contributed by atoms with Crippen molar-refractivity contribution in [1.82, 2.24) is 0 Å². The van der Waals surface area contributed by atoms with Gasteiger partial charge in [-0.05, 0) is 51.0 Å². The highest BCUT2D eigenvalue weighted by atomic mass is 35.5. The minimum atomic E-state index is -1.54. The fourth-order valence-electron chi connectivity index (χ4n) is 4.43. The molecule has 1 N–H and O–H groups in total. The Morgan fingerprint density at radius 3 is 2.21 bits per heavy atom. The van der Waals surface area contributed by atoms with Crippen LogP contribution >= 0.6 is 35.9 Å². The first kappa shape index (κ1) is 30.8. The zero-order valence-corrected chi connectivity index (χ0v) is 25.2. The van der Waals surface area contributed by atoms with E-state index in [0.29, 0.717) is 17.7 Å². The summed E-state index contributed by atoms with van der Waals surface area (Å²) in [5.74, 6) is 5.85. The molecular weight excluding hydrogens is 546 g/mol. The average molecular weight is 580 g/mol. The van der Waals surface area contributed by atoms with Gasteiger partial charge in [0, 0.05) is 37.3 Å². The number of fused-ring (bicyclic) bond motifs is 2. The van der Waals surface area contributed by atoms with Crippen LogP contribution in [0, 0.1) is 17.3 Å². The van der Waals surface area contributed by atoms with Crippen LogP contribution in [0.3, 0.4) is 0 Å². The van der Waals surface area contributed by atoms with Crippen LogP contribution in [0.25, 0.3) is 0 Å². The summed E-state index contributed by atoms with van der Waals surface area (Å²) < 4.78 is 12.6. The Labute approximate surface area is 246 Å². The number of benzene rings is 3. The fourth-order valence-corrected chi connectivity index (χ4v) is 6.86. The normalized spacial score (nSPS) is 13.4. The molecule has 204 valence electrons. The van der Waals surface area contributed by atoms with E-state index in [1.165, 1.54) is 4.90 Å². The lowest BCUT2D eigenvalue weighted by Gasteiger charge is -2.39. The Balaban J connectivity index is 0.00000420. The molecule has 1 atom stereocenters. The second-order valence-electron chi connectivity index (χ2n) is 9.50. The van der Waals surface area contributed by atoms with E-state index in [2.05, 4.69) is 37.0 Å². The predicted octanol–water partition coefficient (Wildman–Crippen LogP) is 8.54. The van der Waals surface area contributed by atoms with E-state index in [0.717, 1.165) is 33.1 Å². The van der Waals surface area contributed by atoms with Crippen LogP contribution in [-0.4, -0.2) is 23.9 Å². The Morgan fingerprint density at radius 1 is 0.897 bits per heavy atom. The van der Waals surface area contributed by atoms with Crippen molar-refractivity contribution < 1.29 is 14.3 Å². The number of ether oxygens (including phenoxy) is 2. The van der Waals surface area contributed by atoms with E-state index in [1.54, 1.807) is 30.4 Å². The second-order valence-corrected chi connectivity index (χ2v) is 11.6. The van der Waals surface area contributed by atoms with Crippen molar-refractivity contribution in [1.29, 1.82) is 5.41 Å². The zero-order chi connectivity index (χ0) is 27.2. The number of halogens is 1. The lowest BCUT2D eigenvalue weighted by Crippen LogP contribution is -2.47. The highest BCUT2D eigenvalue weighted by molar-refractivity contribution is 8.05. The third kappa shape index (κ3) is 6.91. The highest BCUT2D eigenvalue weighted by Crippen LogP contribution is 2.53. The molecule has 0 aromatic heterocycles. The predicted molar refractivity (Wildman–Crippen MR) is 162 cm³/mol. The van der Waals surface area contributed by atoms with Crippen LogP contribution < -0.4 is 0 Å². The van der Waals surface area contributed by atoms with Gasteiger partial charge in [-0.3, -0.25) is 0 Å². The third-order valence-electron chi connectivity index (χ3n) is 6.03. The molecule has 39 heavy (non-hydrogen) atoms. The molecule has 0 fully saturated rings. The molecule has 1 unspecified atom stereocenters. The van der Waals surface area contributed by atoms with Crippen molar-refractivity contribution >= 4 is 47.6 Å². The minimum absolute atomic E-state index is 0. The highest BCUT2D eigenvalue weighted by Gasteiger charge is 2.50. The lowest BCUT2D eigenvalue weighted by molar-refractivity contribution is -0.179. The van der Waals surface area contributed by atoms with Gasteiger partial charge in [0.15, 0.2) is 0 Å². The molecule has 1 heterocycles. The van der Waals surface area contributed by atoms with Gasteiger partial charge in [-0.1, -0.05) is 103 Å². The molecule has 4 rings (SSSR count). The largest absolute Gasteiger partial charge is 0.463 e. The SMILES string of the molecule is CCCC(=N)CC#CC(C)(C)OC(C(=O)OCC)(c1ccccc1)c1cccc2c1Sc1ccccc1S2.Cl. The molecule has 3 aromatic carbocycles. The van der Waals surface area contributed by atoms with Gasteiger partial charge in [-0.15, -0.1) is 12.4 Å². The van der Waals surface area contributed by atoms with Crippen LogP contribution in [0.5, 0.6) is 0 Å². The molecule has 3 aromatic rings. The molecular formula is C32H34ClNO3S2. The molecule has 0 saturated carbocycles. The van der Waals surface area contributed by atoms with Crippen LogP contribution in [0.1, 0.15) is 58.1 Å². The first-order chi connectivity index (χ1) is 18.3. The van der Waals surface area contributed by atoms with E-state index in [9.17, 15) is 4.79 Å².